The Hall–Kier alpha value is -4.17. The van der Waals surface area contributed by atoms with Crippen LogP contribution in [0.3, 0.4) is 0 Å². The molecule has 3 aromatic carbocycles. The summed E-state index contributed by atoms with van der Waals surface area (Å²) in [6.45, 7) is 7.38. The third-order valence-electron chi connectivity index (χ3n) is 8.54. The van der Waals surface area contributed by atoms with E-state index in [4.69, 9.17) is 4.74 Å². The van der Waals surface area contributed by atoms with E-state index < -0.39 is 30.4 Å². The van der Waals surface area contributed by atoms with Gasteiger partial charge in [0.25, 0.3) is 0 Å². The van der Waals surface area contributed by atoms with Crippen LogP contribution < -0.4 is 5.32 Å². The maximum absolute atomic E-state index is 13.7. The summed E-state index contributed by atoms with van der Waals surface area (Å²) >= 11 is 0. The largest absolute Gasteiger partial charge is 0.481 e. The molecule has 41 heavy (non-hydrogen) atoms. The van der Waals surface area contributed by atoms with Gasteiger partial charge in [0.15, 0.2) is 0 Å². The normalized spacial score (nSPS) is 21.0. The number of aliphatic carboxylic acids is 1. The van der Waals surface area contributed by atoms with Crippen LogP contribution in [0, 0.1) is 0 Å². The zero-order valence-electron chi connectivity index (χ0n) is 23.7. The number of benzene rings is 3. The van der Waals surface area contributed by atoms with E-state index in [2.05, 4.69) is 48.3 Å². The van der Waals surface area contributed by atoms with Crippen LogP contribution in [0.2, 0.25) is 0 Å². The summed E-state index contributed by atoms with van der Waals surface area (Å²) in [5.74, 6) is -1.72. The lowest BCUT2D eigenvalue weighted by Crippen LogP contribution is -2.64. The SMILES string of the molecule is CC1C(C)N(Cc2ccccc2)C(C)CN1C(=O)C(CC(=O)O)NC(=O)OCC1c2ccccc2-c2ccccc21. The van der Waals surface area contributed by atoms with Crippen LogP contribution in [0.25, 0.3) is 11.1 Å². The molecule has 4 unspecified atom stereocenters. The number of carbonyl (C=O) groups is 3. The number of hydrogen-bond acceptors (Lipinski definition) is 5. The number of nitrogens with zero attached hydrogens (tertiary/aromatic N) is 2. The zero-order valence-corrected chi connectivity index (χ0v) is 23.7. The third-order valence-corrected chi connectivity index (χ3v) is 8.54. The summed E-state index contributed by atoms with van der Waals surface area (Å²) in [4.78, 5) is 42.4. The first-order chi connectivity index (χ1) is 19.7. The van der Waals surface area contributed by atoms with Gasteiger partial charge >= 0.3 is 12.1 Å². The molecule has 1 aliphatic carbocycles. The van der Waals surface area contributed by atoms with Gasteiger partial charge in [-0.2, -0.15) is 0 Å². The van der Waals surface area contributed by atoms with Crippen molar-refractivity contribution < 1.29 is 24.2 Å². The standard InChI is InChI=1S/C33H37N3O5/c1-21-18-36(23(3)22(2)35(21)19-24-11-5-4-6-12-24)32(39)30(17-31(37)38)34-33(40)41-20-29-27-15-9-7-13-25(27)26-14-8-10-16-28(26)29/h4-16,21-23,29-30H,17-20H2,1-3H3,(H,34,40)(H,37,38). The minimum Gasteiger partial charge on any atom is -0.481 e. The molecule has 0 spiro atoms. The molecule has 0 aromatic heterocycles. The van der Waals surface area contributed by atoms with Crippen molar-refractivity contribution in [2.75, 3.05) is 13.2 Å². The number of fused-ring (bicyclic) bond motifs is 3. The lowest BCUT2D eigenvalue weighted by atomic mass is 9.97. The molecule has 4 atom stereocenters. The fourth-order valence-electron chi connectivity index (χ4n) is 6.24. The van der Waals surface area contributed by atoms with E-state index in [0.717, 1.165) is 28.8 Å². The highest BCUT2D eigenvalue weighted by molar-refractivity contribution is 5.89. The van der Waals surface area contributed by atoms with Crippen molar-refractivity contribution in [2.24, 2.45) is 0 Å². The first-order valence-electron chi connectivity index (χ1n) is 14.2. The van der Waals surface area contributed by atoms with Gasteiger partial charge in [-0.1, -0.05) is 78.9 Å². The first-order valence-corrected chi connectivity index (χ1v) is 14.2. The predicted octanol–water partition coefficient (Wildman–Crippen LogP) is 4.88. The van der Waals surface area contributed by atoms with Gasteiger partial charge in [0.05, 0.1) is 6.42 Å². The molecule has 3 aromatic rings. The third kappa shape index (κ3) is 5.98. The number of nitrogens with one attached hydrogen (secondary N) is 1. The number of hydrogen-bond donors (Lipinski definition) is 2. The van der Waals surface area contributed by atoms with Gasteiger partial charge in [0.2, 0.25) is 5.91 Å². The number of amides is 2. The Morgan fingerprint density at radius 1 is 0.878 bits per heavy atom. The second kappa shape index (κ2) is 12.1. The Labute approximate surface area is 240 Å². The number of carbonyl (C=O) groups excluding carboxylic acids is 2. The van der Waals surface area contributed by atoms with Gasteiger partial charge in [-0.3, -0.25) is 14.5 Å². The highest BCUT2D eigenvalue weighted by Gasteiger charge is 2.40. The maximum Gasteiger partial charge on any atom is 0.407 e. The van der Waals surface area contributed by atoms with Crippen molar-refractivity contribution in [3.63, 3.8) is 0 Å². The summed E-state index contributed by atoms with van der Waals surface area (Å²) < 4.78 is 5.62. The average molecular weight is 556 g/mol. The Morgan fingerprint density at radius 2 is 1.46 bits per heavy atom. The Bertz CT molecular complexity index is 1370. The van der Waals surface area contributed by atoms with Gasteiger partial charge < -0.3 is 20.1 Å². The summed E-state index contributed by atoms with van der Waals surface area (Å²) in [5.41, 5.74) is 5.56. The Morgan fingerprint density at radius 3 is 2.07 bits per heavy atom. The maximum atomic E-state index is 13.7. The highest BCUT2D eigenvalue weighted by Crippen LogP contribution is 2.44. The van der Waals surface area contributed by atoms with Crippen molar-refractivity contribution in [3.8, 4) is 11.1 Å². The monoisotopic (exact) mass is 555 g/mol. The van der Waals surface area contributed by atoms with Crippen LogP contribution in [0.15, 0.2) is 78.9 Å². The molecule has 1 fully saturated rings. The molecule has 1 saturated heterocycles. The van der Waals surface area contributed by atoms with Crippen molar-refractivity contribution in [1.29, 1.82) is 0 Å². The van der Waals surface area contributed by atoms with Crippen molar-refractivity contribution >= 4 is 18.0 Å². The first kappa shape index (κ1) is 28.4. The van der Waals surface area contributed by atoms with Gasteiger partial charge in [-0.25, -0.2) is 4.79 Å². The summed E-state index contributed by atoms with van der Waals surface area (Å²) in [6.07, 6.45) is -1.33. The van der Waals surface area contributed by atoms with Crippen LogP contribution in [0.1, 0.15) is 49.8 Å². The average Bonchev–Trinajstić information content (AvgIpc) is 3.29. The molecule has 0 bridgehead atoms. The van der Waals surface area contributed by atoms with Crippen molar-refractivity contribution in [3.05, 3.63) is 95.6 Å². The highest BCUT2D eigenvalue weighted by atomic mass is 16.5. The lowest BCUT2D eigenvalue weighted by Gasteiger charge is -2.49. The van der Waals surface area contributed by atoms with Crippen LogP contribution in [-0.4, -0.2) is 70.2 Å². The number of piperazine rings is 1. The van der Waals surface area contributed by atoms with E-state index in [1.54, 1.807) is 4.90 Å². The number of carboxylic acid groups (broad SMARTS) is 1. The molecule has 1 aliphatic heterocycles. The van der Waals surface area contributed by atoms with Gasteiger partial charge in [0.1, 0.15) is 12.6 Å². The van der Waals surface area contributed by atoms with Gasteiger partial charge in [-0.15, -0.1) is 0 Å². The number of rotatable bonds is 8. The second-order valence-electron chi connectivity index (χ2n) is 11.1. The van der Waals surface area contributed by atoms with E-state index >= 15 is 0 Å². The molecule has 2 amide bonds. The molecule has 214 valence electrons. The summed E-state index contributed by atoms with van der Waals surface area (Å²) in [5, 5.41) is 12.1. The molecule has 0 radical (unpaired) electrons. The molecule has 8 heteroatoms. The quantitative estimate of drug-likeness (QED) is 0.411. The zero-order chi connectivity index (χ0) is 29.1. The van der Waals surface area contributed by atoms with E-state index in [9.17, 15) is 19.5 Å². The van der Waals surface area contributed by atoms with E-state index in [1.165, 1.54) is 5.56 Å². The Balaban J connectivity index is 1.25. The minimum atomic E-state index is -1.23. The molecule has 0 saturated carbocycles. The molecule has 5 rings (SSSR count). The van der Waals surface area contributed by atoms with Crippen LogP contribution in [-0.2, 0) is 20.9 Å². The molecule has 2 aliphatic rings. The molecule has 8 nitrogen and oxygen atoms in total. The number of alkyl carbamates (subject to hydrolysis) is 1. The number of ether oxygens (including phenoxy) is 1. The van der Waals surface area contributed by atoms with Crippen LogP contribution in [0.4, 0.5) is 4.79 Å². The van der Waals surface area contributed by atoms with Crippen molar-refractivity contribution in [1.82, 2.24) is 15.1 Å². The lowest BCUT2D eigenvalue weighted by molar-refractivity contribution is -0.147. The smallest absolute Gasteiger partial charge is 0.407 e. The fraction of sp³-hybridized carbons (Fsp3) is 0.364. The van der Waals surface area contributed by atoms with Crippen LogP contribution in [0.5, 0.6) is 0 Å². The molecular formula is C33H37N3O5. The molecule has 1 heterocycles. The van der Waals surface area contributed by atoms with Gasteiger partial charge in [0, 0.05) is 37.1 Å². The van der Waals surface area contributed by atoms with E-state index in [-0.39, 0.29) is 30.7 Å². The predicted molar refractivity (Wildman–Crippen MR) is 156 cm³/mol. The number of carboxylic acids is 1. The topological polar surface area (TPSA) is 99.2 Å². The Kier molecular flexibility index (Phi) is 8.40. The van der Waals surface area contributed by atoms with Gasteiger partial charge in [-0.05, 0) is 48.6 Å². The minimum absolute atomic E-state index is 0.0304. The summed E-state index contributed by atoms with van der Waals surface area (Å²) in [6, 6.07) is 24.9. The fourth-order valence-corrected chi connectivity index (χ4v) is 6.24. The molecule has 2 N–H and O–H groups in total. The van der Waals surface area contributed by atoms with E-state index in [1.807, 2.05) is 61.5 Å². The molecular weight excluding hydrogens is 518 g/mol. The van der Waals surface area contributed by atoms with Crippen molar-refractivity contribution in [2.45, 2.75) is 63.8 Å². The summed E-state index contributed by atoms with van der Waals surface area (Å²) in [7, 11) is 0. The van der Waals surface area contributed by atoms with Crippen LogP contribution >= 0.6 is 0 Å². The second-order valence-corrected chi connectivity index (χ2v) is 11.1. The van der Waals surface area contributed by atoms with E-state index in [0.29, 0.717) is 6.54 Å².